The van der Waals surface area contributed by atoms with Gasteiger partial charge in [0.2, 0.25) is 11.8 Å². The lowest BCUT2D eigenvalue weighted by atomic mass is 9.43. The van der Waals surface area contributed by atoms with Crippen LogP contribution in [0.1, 0.15) is 49.8 Å². The number of carbonyl (C=O) groups excluding carboxylic acids is 2. The molecule has 10 rings (SSSR count). The summed E-state index contributed by atoms with van der Waals surface area (Å²) < 4.78 is 1.70. The quantitative estimate of drug-likeness (QED) is 0.356. The van der Waals surface area contributed by atoms with Crippen LogP contribution in [0.2, 0.25) is 0 Å². The number of aromatic nitrogens is 5. The average molecular weight is 603 g/mol. The lowest BCUT2D eigenvalue weighted by Gasteiger charge is -2.61. The van der Waals surface area contributed by atoms with Gasteiger partial charge in [0.05, 0.1) is 17.5 Å². The molecule has 2 bridgehead atoms. The van der Waals surface area contributed by atoms with Gasteiger partial charge in [0.1, 0.15) is 6.33 Å². The molecule has 10 nitrogen and oxygen atoms in total. The first-order valence-electron chi connectivity index (χ1n) is 16.3. The number of aromatic amines is 1. The Hall–Kier alpha value is -4.31. The number of nitrogens with zero attached hydrogens (tertiary/aromatic N) is 7. The van der Waals surface area contributed by atoms with Gasteiger partial charge in [-0.25, -0.2) is 4.98 Å². The van der Waals surface area contributed by atoms with E-state index in [0.717, 1.165) is 60.9 Å². The molecule has 1 N–H and O–H groups in total. The van der Waals surface area contributed by atoms with Crippen molar-refractivity contribution < 1.29 is 9.59 Å². The number of anilines is 1. The Bertz CT molecular complexity index is 1850. The molecule has 10 heteroatoms. The van der Waals surface area contributed by atoms with E-state index in [9.17, 15) is 9.59 Å². The van der Waals surface area contributed by atoms with Crippen molar-refractivity contribution in [2.75, 3.05) is 44.2 Å². The smallest absolute Gasteiger partial charge is 0.237 e. The van der Waals surface area contributed by atoms with E-state index in [-0.39, 0.29) is 11.8 Å². The fraction of sp³-hybridized carbons (Fsp3) is 0.457. The van der Waals surface area contributed by atoms with Crippen LogP contribution in [0, 0.1) is 11.3 Å². The van der Waals surface area contributed by atoms with Gasteiger partial charge in [-0.3, -0.25) is 24.3 Å². The maximum absolute atomic E-state index is 13.9. The highest BCUT2D eigenvalue weighted by molar-refractivity contribution is 6.02. The largest absolute Gasteiger partial charge is 0.338 e. The fourth-order valence-corrected chi connectivity index (χ4v) is 8.65. The van der Waals surface area contributed by atoms with Gasteiger partial charge in [0.25, 0.3) is 0 Å². The summed E-state index contributed by atoms with van der Waals surface area (Å²) >= 11 is 0. The molecule has 1 unspecified atom stereocenters. The first kappa shape index (κ1) is 27.0. The predicted molar refractivity (Wildman–Crippen MR) is 171 cm³/mol. The monoisotopic (exact) mass is 602 g/mol. The van der Waals surface area contributed by atoms with Crippen molar-refractivity contribution in [3.8, 4) is 11.4 Å². The molecule has 3 aliphatic heterocycles. The number of benzene rings is 2. The molecule has 230 valence electrons. The number of rotatable bonds is 6. The summed E-state index contributed by atoms with van der Waals surface area (Å²) in [4.78, 5) is 37.8. The van der Waals surface area contributed by atoms with E-state index >= 15 is 0 Å². The first-order valence-corrected chi connectivity index (χ1v) is 16.3. The maximum Gasteiger partial charge on any atom is 0.237 e. The SMILES string of the molecule is Cn1cnc(-c2ccc(C3=CCN(C(=O)CN4CCC5(CCN(c6ccc7n[nH]c(C89CC(C8)C9)c7c6)C5=O)C4)CC3)cc2)n1. The number of carbonyl (C=O) groups is 2. The number of aryl methyl sites for hydroxylation is 1. The molecule has 2 aromatic heterocycles. The third-order valence-corrected chi connectivity index (χ3v) is 11.4. The Morgan fingerprint density at radius 1 is 1.00 bits per heavy atom. The van der Waals surface area contributed by atoms with Crippen molar-refractivity contribution in [3.05, 3.63) is 66.1 Å². The molecule has 4 aromatic rings. The van der Waals surface area contributed by atoms with Crippen LogP contribution in [0.4, 0.5) is 5.69 Å². The van der Waals surface area contributed by atoms with E-state index in [1.807, 2.05) is 22.9 Å². The molecule has 1 spiro atoms. The molecular formula is C35H38N8O2. The van der Waals surface area contributed by atoms with E-state index in [1.54, 1.807) is 11.0 Å². The van der Waals surface area contributed by atoms with E-state index in [0.29, 0.717) is 31.6 Å². The van der Waals surface area contributed by atoms with Crippen molar-refractivity contribution in [2.24, 2.45) is 18.4 Å². The van der Waals surface area contributed by atoms with Crippen molar-refractivity contribution in [3.63, 3.8) is 0 Å². The lowest BCUT2D eigenvalue weighted by Crippen LogP contribution is -2.55. The van der Waals surface area contributed by atoms with Gasteiger partial charge in [-0.1, -0.05) is 30.3 Å². The number of hydrogen-bond acceptors (Lipinski definition) is 6. The van der Waals surface area contributed by atoms with E-state index in [1.165, 1.54) is 41.5 Å². The van der Waals surface area contributed by atoms with E-state index < -0.39 is 5.41 Å². The van der Waals surface area contributed by atoms with Gasteiger partial charge in [0.15, 0.2) is 5.82 Å². The third-order valence-electron chi connectivity index (χ3n) is 11.4. The number of fused-ring (bicyclic) bond motifs is 1. The fourth-order valence-electron chi connectivity index (χ4n) is 8.65. The highest BCUT2D eigenvalue weighted by Gasteiger charge is 2.59. The molecule has 2 amide bonds. The molecule has 0 radical (unpaired) electrons. The van der Waals surface area contributed by atoms with Crippen LogP contribution in [0.3, 0.4) is 0 Å². The second-order valence-electron chi connectivity index (χ2n) is 14.1. The summed E-state index contributed by atoms with van der Waals surface area (Å²) in [6.07, 6.45) is 10.2. The molecule has 3 aliphatic carbocycles. The zero-order valence-electron chi connectivity index (χ0n) is 25.7. The van der Waals surface area contributed by atoms with Gasteiger partial charge < -0.3 is 9.80 Å². The zero-order chi connectivity index (χ0) is 30.3. The topological polar surface area (TPSA) is 103 Å². The summed E-state index contributed by atoms with van der Waals surface area (Å²) in [5, 5.41) is 13.5. The summed E-state index contributed by atoms with van der Waals surface area (Å²) in [5.74, 6) is 1.97. The van der Waals surface area contributed by atoms with E-state index in [2.05, 4.69) is 67.7 Å². The van der Waals surface area contributed by atoms with Crippen LogP contribution in [0.15, 0.2) is 54.9 Å². The van der Waals surface area contributed by atoms with Crippen LogP contribution < -0.4 is 4.90 Å². The lowest BCUT2D eigenvalue weighted by molar-refractivity contribution is -0.132. The molecule has 5 heterocycles. The highest BCUT2D eigenvalue weighted by Crippen LogP contribution is 2.65. The van der Waals surface area contributed by atoms with Crippen molar-refractivity contribution in [2.45, 2.75) is 43.9 Å². The van der Waals surface area contributed by atoms with Crippen molar-refractivity contribution in [1.29, 1.82) is 0 Å². The Morgan fingerprint density at radius 3 is 2.51 bits per heavy atom. The van der Waals surface area contributed by atoms with Crippen LogP contribution in [-0.2, 0) is 22.1 Å². The first-order chi connectivity index (χ1) is 21.9. The van der Waals surface area contributed by atoms with Gasteiger partial charge in [0, 0.05) is 61.0 Å². The minimum atomic E-state index is -0.395. The molecule has 2 aromatic carbocycles. The predicted octanol–water partition coefficient (Wildman–Crippen LogP) is 4.15. The Kier molecular flexibility index (Phi) is 5.91. The molecule has 45 heavy (non-hydrogen) atoms. The molecule has 1 atom stereocenters. The van der Waals surface area contributed by atoms with Gasteiger partial charge in [-0.05, 0) is 80.3 Å². The number of hydrogen-bond donors (Lipinski definition) is 1. The van der Waals surface area contributed by atoms with Crippen molar-refractivity contribution in [1.82, 2.24) is 34.8 Å². The summed E-state index contributed by atoms with van der Waals surface area (Å²) in [7, 11) is 1.87. The Labute approximate surface area is 262 Å². The van der Waals surface area contributed by atoms with Gasteiger partial charge in [-0.15, -0.1) is 0 Å². The van der Waals surface area contributed by atoms with Gasteiger partial charge in [-0.2, -0.15) is 10.2 Å². The number of nitrogens with one attached hydrogen (secondary N) is 1. The van der Waals surface area contributed by atoms with Crippen LogP contribution in [0.25, 0.3) is 27.9 Å². The number of likely N-dealkylation sites (tertiary alicyclic amines) is 1. The minimum Gasteiger partial charge on any atom is -0.338 e. The summed E-state index contributed by atoms with van der Waals surface area (Å²) in [5.41, 5.74) is 6.57. The van der Waals surface area contributed by atoms with Gasteiger partial charge >= 0.3 is 0 Å². The Balaban J connectivity index is 0.826. The van der Waals surface area contributed by atoms with Crippen molar-refractivity contribution >= 4 is 34.0 Å². The standard InChI is InChI=1S/C35H38N8O2/c1-40-22-36-32(39-40)26-4-2-24(3-5-26)25-8-12-42(13-9-25)30(44)20-41-14-10-34(21-41)11-15-43(33(34)45)27-6-7-29-28(16-27)31(38-37-29)35-17-23(18-35)19-35/h2-8,16,22-23H,9-15,17-21H2,1H3,(H,37,38). The van der Waals surface area contributed by atoms with Crippen LogP contribution >= 0.6 is 0 Å². The molecule has 6 aliphatic rings. The molecular weight excluding hydrogens is 564 g/mol. The highest BCUT2D eigenvalue weighted by atomic mass is 16.2. The zero-order valence-corrected chi connectivity index (χ0v) is 25.7. The van der Waals surface area contributed by atoms with Crippen LogP contribution in [0.5, 0.6) is 0 Å². The number of H-pyrrole nitrogens is 1. The maximum atomic E-state index is 13.9. The number of amides is 2. The second kappa shape index (κ2) is 9.84. The van der Waals surface area contributed by atoms with E-state index in [4.69, 9.17) is 0 Å². The molecule has 2 saturated heterocycles. The average Bonchev–Trinajstić information content (AvgIpc) is 3.80. The Morgan fingerprint density at radius 2 is 1.80 bits per heavy atom. The normalized spacial score (nSPS) is 27.7. The summed E-state index contributed by atoms with van der Waals surface area (Å²) in [6, 6.07) is 14.6. The van der Waals surface area contributed by atoms with Crippen LogP contribution in [-0.4, -0.2) is 85.8 Å². The summed E-state index contributed by atoms with van der Waals surface area (Å²) in [6.45, 7) is 3.86. The minimum absolute atomic E-state index is 0.146. The molecule has 3 saturated carbocycles. The third kappa shape index (κ3) is 4.29. The second-order valence-corrected chi connectivity index (χ2v) is 14.1. The molecule has 5 fully saturated rings.